The number of nitrogens with one attached hydrogen (secondary N) is 1. The summed E-state index contributed by atoms with van der Waals surface area (Å²) < 4.78 is 1.58. The van der Waals surface area contributed by atoms with Gasteiger partial charge in [-0.25, -0.2) is 0 Å². The van der Waals surface area contributed by atoms with Gasteiger partial charge in [-0.1, -0.05) is 26.7 Å². The van der Waals surface area contributed by atoms with Crippen LogP contribution < -0.4 is 5.32 Å². The first kappa shape index (κ1) is 13.7. The van der Waals surface area contributed by atoms with Gasteiger partial charge in [0.15, 0.2) is 0 Å². The van der Waals surface area contributed by atoms with Gasteiger partial charge in [-0.3, -0.25) is 9.48 Å². The number of aryl methyl sites for hydroxylation is 1. The third-order valence-corrected chi connectivity index (χ3v) is 3.03. The average Bonchev–Trinajstić information content (AvgIpc) is 2.74. The van der Waals surface area contributed by atoms with Gasteiger partial charge in [0.05, 0.1) is 17.9 Å². The van der Waals surface area contributed by atoms with Gasteiger partial charge in [-0.2, -0.15) is 5.10 Å². The Bertz CT molecular complexity index is 358. The summed E-state index contributed by atoms with van der Waals surface area (Å²) in [7, 11) is 1.76. The van der Waals surface area contributed by atoms with Crippen molar-refractivity contribution in [2.75, 3.05) is 6.54 Å². The molecule has 0 saturated heterocycles. The van der Waals surface area contributed by atoms with Crippen LogP contribution in [0.1, 0.15) is 37.0 Å². The number of aromatic nitrogens is 2. The van der Waals surface area contributed by atoms with Crippen molar-refractivity contribution in [2.45, 2.75) is 32.8 Å². The van der Waals surface area contributed by atoms with Gasteiger partial charge >= 0.3 is 0 Å². The van der Waals surface area contributed by atoms with E-state index in [0.717, 1.165) is 12.8 Å². The zero-order valence-electron chi connectivity index (χ0n) is 10.7. The van der Waals surface area contributed by atoms with Crippen LogP contribution in [0, 0.1) is 5.92 Å². The summed E-state index contributed by atoms with van der Waals surface area (Å²) in [6.07, 6.45) is 4.52. The molecular formula is C12H21N3O2. The number of carbonyl (C=O) groups excluding carboxylic acids is 1. The summed E-state index contributed by atoms with van der Waals surface area (Å²) in [5.74, 6) is 0.0484. The molecule has 0 radical (unpaired) electrons. The largest absolute Gasteiger partial charge is 0.391 e. The van der Waals surface area contributed by atoms with Gasteiger partial charge in [0.2, 0.25) is 0 Å². The van der Waals surface area contributed by atoms with E-state index in [4.69, 9.17) is 0 Å². The first-order chi connectivity index (χ1) is 8.08. The number of aliphatic hydroxyl groups excluding tert-OH is 1. The van der Waals surface area contributed by atoms with E-state index in [1.165, 1.54) is 6.20 Å². The Hall–Kier alpha value is -1.36. The van der Waals surface area contributed by atoms with Crippen LogP contribution in [0.4, 0.5) is 0 Å². The quantitative estimate of drug-likeness (QED) is 0.776. The number of amides is 1. The third kappa shape index (κ3) is 3.85. The Morgan fingerprint density at radius 2 is 2.18 bits per heavy atom. The molecule has 0 fully saturated rings. The summed E-state index contributed by atoms with van der Waals surface area (Å²) >= 11 is 0. The number of nitrogens with zero attached hydrogens (tertiary/aromatic N) is 2. The van der Waals surface area contributed by atoms with Gasteiger partial charge in [-0.05, 0) is 5.92 Å². The molecule has 0 spiro atoms. The highest BCUT2D eigenvalue weighted by Crippen LogP contribution is 2.12. The fourth-order valence-corrected chi connectivity index (χ4v) is 1.84. The number of hydrogen-bond acceptors (Lipinski definition) is 3. The molecule has 0 saturated carbocycles. The van der Waals surface area contributed by atoms with Crippen LogP contribution in [-0.4, -0.2) is 33.4 Å². The molecular weight excluding hydrogens is 218 g/mol. The molecule has 0 aliphatic carbocycles. The van der Waals surface area contributed by atoms with Crippen LogP contribution in [0.15, 0.2) is 12.4 Å². The zero-order valence-corrected chi connectivity index (χ0v) is 10.7. The van der Waals surface area contributed by atoms with Gasteiger partial charge in [0.1, 0.15) is 0 Å². The van der Waals surface area contributed by atoms with Crippen molar-refractivity contribution in [3.63, 3.8) is 0 Å². The molecule has 1 aromatic rings. The topological polar surface area (TPSA) is 67.2 Å². The SMILES string of the molecule is CCC(CC)C(O)CNC(=O)c1cnn(C)c1. The van der Waals surface area contributed by atoms with Crippen LogP contribution in [0.2, 0.25) is 0 Å². The average molecular weight is 239 g/mol. The summed E-state index contributed by atoms with van der Waals surface area (Å²) in [4.78, 5) is 11.7. The van der Waals surface area contributed by atoms with E-state index in [-0.39, 0.29) is 11.8 Å². The predicted molar refractivity (Wildman–Crippen MR) is 65.6 cm³/mol. The molecule has 5 nitrogen and oxygen atoms in total. The minimum Gasteiger partial charge on any atom is -0.391 e. The normalized spacial score (nSPS) is 12.8. The van der Waals surface area contributed by atoms with Gasteiger partial charge in [-0.15, -0.1) is 0 Å². The minimum absolute atomic E-state index is 0.192. The maximum Gasteiger partial charge on any atom is 0.254 e. The van der Waals surface area contributed by atoms with Gasteiger partial charge in [0.25, 0.3) is 5.91 Å². The maximum absolute atomic E-state index is 11.7. The van der Waals surface area contributed by atoms with Crippen molar-refractivity contribution in [3.8, 4) is 0 Å². The predicted octanol–water partition coefficient (Wildman–Crippen LogP) is 0.947. The Balaban J connectivity index is 2.43. The molecule has 0 aromatic carbocycles. The van der Waals surface area contributed by atoms with E-state index in [9.17, 15) is 9.90 Å². The lowest BCUT2D eigenvalue weighted by Gasteiger charge is -2.20. The number of carbonyl (C=O) groups is 1. The number of hydrogen-bond donors (Lipinski definition) is 2. The maximum atomic E-state index is 11.7. The first-order valence-electron chi connectivity index (χ1n) is 6.03. The monoisotopic (exact) mass is 239 g/mol. The van der Waals surface area contributed by atoms with Crippen LogP contribution in [0.5, 0.6) is 0 Å². The number of aliphatic hydroxyl groups is 1. The Morgan fingerprint density at radius 3 is 2.65 bits per heavy atom. The lowest BCUT2D eigenvalue weighted by atomic mass is 9.96. The highest BCUT2D eigenvalue weighted by atomic mass is 16.3. The van der Waals surface area contributed by atoms with E-state index in [2.05, 4.69) is 10.4 Å². The Kier molecular flexibility index (Phi) is 5.15. The number of rotatable bonds is 6. The van der Waals surface area contributed by atoms with Crippen molar-refractivity contribution in [1.29, 1.82) is 0 Å². The lowest BCUT2D eigenvalue weighted by Crippen LogP contribution is -2.35. The van der Waals surface area contributed by atoms with Crippen LogP contribution >= 0.6 is 0 Å². The van der Waals surface area contributed by atoms with Crippen LogP contribution in [0.25, 0.3) is 0 Å². The molecule has 0 aliphatic heterocycles. The fraction of sp³-hybridized carbons (Fsp3) is 0.667. The lowest BCUT2D eigenvalue weighted by molar-refractivity contribution is 0.0816. The standard InChI is InChI=1S/C12H21N3O2/c1-4-9(5-2)11(16)7-13-12(17)10-6-14-15(3)8-10/h6,8-9,11,16H,4-5,7H2,1-3H3,(H,13,17). The summed E-state index contributed by atoms with van der Waals surface area (Å²) in [6.45, 7) is 4.38. The molecule has 96 valence electrons. The van der Waals surface area contributed by atoms with E-state index >= 15 is 0 Å². The van der Waals surface area contributed by atoms with Crippen LogP contribution in [0.3, 0.4) is 0 Å². The smallest absolute Gasteiger partial charge is 0.254 e. The minimum atomic E-state index is -0.481. The van der Waals surface area contributed by atoms with Crippen molar-refractivity contribution < 1.29 is 9.90 Å². The molecule has 17 heavy (non-hydrogen) atoms. The summed E-state index contributed by atoms with van der Waals surface area (Å²) in [5, 5.41) is 16.5. The fourth-order valence-electron chi connectivity index (χ4n) is 1.84. The second-order valence-corrected chi connectivity index (χ2v) is 4.26. The van der Waals surface area contributed by atoms with E-state index in [1.54, 1.807) is 17.9 Å². The van der Waals surface area contributed by atoms with Crippen molar-refractivity contribution in [2.24, 2.45) is 13.0 Å². The van der Waals surface area contributed by atoms with Gasteiger partial charge < -0.3 is 10.4 Å². The molecule has 2 N–H and O–H groups in total. The molecule has 1 aromatic heterocycles. The molecule has 0 bridgehead atoms. The van der Waals surface area contributed by atoms with Crippen molar-refractivity contribution in [1.82, 2.24) is 15.1 Å². The van der Waals surface area contributed by atoms with E-state index in [1.807, 2.05) is 13.8 Å². The summed E-state index contributed by atoms with van der Waals surface area (Å²) in [6, 6.07) is 0. The highest BCUT2D eigenvalue weighted by Gasteiger charge is 2.16. The second kappa shape index (κ2) is 6.39. The van der Waals surface area contributed by atoms with Crippen LogP contribution in [-0.2, 0) is 7.05 Å². The van der Waals surface area contributed by atoms with E-state index < -0.39 is 6.10 Å². The Labute approximate surface area is 102 Å². The second-order valence-electron chi connectivity index (χ2n) is 4.26. The molecule has 1 unspecified atom stereocenters. The third-order valence-electron chi connectivity index (χ3n) is 3.03. The van der Waals surface area contributed by atoms with Crippen molar-refractivity contribution in [3.05, 3.63) is 18.0 Å². The van der Waals surface area contributed by atoms with Crippen molar-refractivity contribution >= 4 is 5.91 Å². The molecule has 1 heterocycles. The molecule has 5 heteroatoms. The zero-order chi connectivity index (χ0) is 12.8. The molecule has 1 atom stereocenters. The highest BCUT2D eigenvalue weighted by molar-refractivity contribution is 5.93. The molecule has 1 rings (SSSR count). The Morgan fingerprint density at radius 1 is 1.53 bits per heavy atom. The van der Waals surface area contributed by atoms with Gasteiger partial charge in [0, 0.05) is 19.8 Å². The molecule has 0 aliphatic rings. The first-order valence-corrected chi connectivity index (χ1v) is 6.03. The summed E-state index contributed by atoms with van der Waals surface area (Å²) in [5.41, 5.74) is 0.518. The molecule has 1 amide bonds. The van der Waals surface area contributed by atoms with E-state index in [0.29, 0.717) is 12.1 Å².